The van der Waals surface area contributed by atoms with Crippen LogP contribution in [-0.2, 0) is 14.6 Å². The first-order chi connectivity index (χ1) is 16.2. The maximum Gasteiger partial charge on any atom is 0.407 e. The molecule has 1 saturated carbocycles. The third-order valence-electron chi connectivity index (χ3n) is 5.76. The van der Waals surface area contributed by atoms with Crippen LogP contribution in [0.3, 0.4) is 0 Å². The Kier molecular flexibility index (Phi) is 7.57. The molecule has 11 heteroatoms. The Bertz CT molecular complexity index is 1200. The Balaban J connectivity index is 1.84. The summed E-state index contributed by atoms with van der Waals surface area (Å²) in [6.07, 6.45) is -4.98. The topological polar surface area (TPSA) is 99.1 Å². The van der Waals surface area contributed by atoms with Crippen LogP contribution < -0.4 is 10.6 Å². The number of nitrogens with zero attached hydrogens (tertiary/aromatic N) is 1. The maximum atomic E-state index is 14.0. The Morgan fingerprint density at radius 3 is 2.00 bits per heavy atom. The predicted octanol–water partition coefficient (Wildman–Crippen LogP) is 4.24. The van der Waals surface area contributed by atoms with Crippen LogP contribution in [0.2, 0.25) is 0 Å². The number of sulfone groups is 1. The number of nitrogens with one attached hydrogen (secondary N) is 2. The largest absolute Gasteiger partial charge is 0.407 e. The molecular weight excluding hydrogens is 486 g/mol. The predicted molar refractivity (Wildman–Crippen MR) is 122 cm³/mol. The molecule has 1 aliphatic carbocycles. The number of amides is 1. The van der Waals surface area contributed by atoms with Crippen LogP contribution in [0.5, 0.6) is 0 Å². The van der Waals surface area contributed by atoms with E-state index in [2.05, 4.69) is 10.6 Å². The molecule has 0 saturated heterocycles. The lowest BCUT2D eigenvalue weighted by Gasteiger charge is -2.28. The second-order valence-corrected chi connectivity index (χ2v) is 10.8. The molecule has 3 unspecified atom stereocenters. The second kappa shape index (κ2) is 9.95. The van der Waals surface area contributed by atoms with E-state index >= 15 is 0 Å². The minimum Gasteiger partial charge on any atom is -0.336 e. The van der Waals surface area contributed by atoms with E-state index in [0.717, 1.165) is 13.2 Å². The van der Waals surface area contributed by atoms with Gasteiger partial charge in [0.15, 0.2) is 9.84 Å². The van der Waals surface area contributed by atoms with E-state index in [0.29, 0.717) is 24.0 Å². The first-order valence-corrected chi connectivity index (χ1v) is 12.7. The van der Waals surface area contributed by atoms with E-state index in [1.165, 1.54) is 36.4 Å². The smallest absolute Gasteiger partial charge is 0.336 e. The molecule has 1 amide bonds. The fourth-order valence-corrected chi connectivity index (χ4v) is 4.26. The van der Waals surface area contributed by atoms with Crippen molar-refractivity contribution >= 4 is 15.7 Å². The van der Waals surface area contributed by atoms with Gasteiger partial charge in [-0.05, 0) is 48.6 Å². The number of rotatable bonds is 9. The summed E-state index contributed by atoms with van der Waals surface area (Å²) in [5.74, 6) is -0.856. The summed E-state index contributed by atoms with van der Waals surface area (Å²) in [6.45, 7) is 1.14. The fraction of sp³-hybridized carbons (Fsp3) is 0.417. The number of alkyl halides is 4. The van der Waals surface area contributed by atoms with Crippen molar-refractivity contribution in [2.24, 2.45) is 0 Å². The number of hydrogen-bond donors (Lipinski definition) is 2. The van der Waals surface area contributed by atoms with Gasteiger partial charge in [0.1, 0.15) is 11.6 Å². The van der Waals surface area contributed by atoms with Gasteiger partial charge in [-0.3, -0.25) is 10.1 Å². The molecule has 188 valence electrons. The van der Waals surface area contributed by atoms with Crippen molar-refractivity contribution in [3.05, 3.63) is 54.1 Å². The summed E-state index contributed by atoms with van der Waals surface area (Å²) >= 11 is 0. The van der Waals surface area contributed by atoms with E-state index in [9.17, 15) is 30.8 Å². The summed E-state index contributed by atoms with van der Waals surface area (Å²) in [4.78, 5) is 12.7. The van der Waals surface area contributed by atoms with Gasteiger partial charge < -0.3 is 5.32 Å². The number of carbonyl (C=O) groups is 1. The van der Waals surface area contributed by atoms with Gasteiger partial charge in [-0.1, -0.05) is 36.4 Å². The minimum absolute atomic E-state index is 0.120. The van der Waals surface area contributed by atoms with Gasteiger partial charge in [-0.2, -0.15) is 18.4 Å². The number of halogens is 4. The van der Waals surface area contributed by atoms with Crippen LogP contribution in [0.4, 0.5) is 17.6 Å². The van der Waals surface area contributed by atoms with Crippen LogP contribution in [0, 0.1) is 11.3 Å². The number of nitriles is 1. The Morgan fingerprint density at radius 2 is 1.60 bits per heavy atom. The van der Waals surface area contributed by atoms with E-state index < -0.39 is 52.1 Å². The Morgan fingerprint density at radius 1 is 1.09 bits per heavy atom. The molecule has 0 aliphatic heterocycles. The molecule has 35 heavy (non-hydrogen) atoms. The summed E-state index contributed by atoms with van der Waals surface area (Å²) < 4.78 is 78.9. The summed E-state index contributed by atoms with van der Waals surface area (Å²) in [7, 11) is -3.38. The van der Waals surface area contributed by atoms with Crippen molar-refractivity contribution in [1.82, 2.24) is 10.6 Å². The van der Waals surface area contributed by atoms with Crippen LogP contribution in [0.25, 0.3) is 11.1 Å². The van der Waals surface area contributed by atoms with Crippen molar-refractivity contribution in [3.8, 4) is 17.2 Å². The lowest BCUT2D eigenvalue weighted by atomic mass is 9.99. The van der Waals surface area contributed by atoms with E-state index in [1.807, 2.05) is 6.07 Å². The van der Waals surface area contributed by atoms with E-state index in [4.69, 9.17) is 5.26 Å². The summed E-state index contributed by atoms with van der Waals surface area (Å²) in [6, 6.07) is 9.49. The van der Waals surface area contributed by atoms with Crippen molar-refractivity contribution in [3.63, 3.8) is 0 Å². The first kappa shape index (κ1) is 26.6. The highest BCUT2D eigenvalue weighted by molar-refractivity contribution is 7.90. The number of hydrogen-bond acceptors (Lipinski definition) is 5. The van der Waals surface area contributed by atoms with Crippen molar-refractivity contribution in [2.45, 2.75) is 61.1 Å². The Labute approximate surface area is 201 Å². The lowest BCUT2D eigenvalue weighted by molar-refractivity contribution is -0.161. The molecule has 3 rings (SSSR count). The standard InChI is InChI=1S/C24H25F4N3O3S/c1-15(25)13-20(22(32)31-23(14-29)11-12-23)30-21(24(26,27)28)18-5-3-16(4-6-18)17-7-9-19(10-8-17)35(2,33)34/h3-10,15,20-21,30H,11-13H2,1-2H3,(H,31,32). The van der Waals surface area contributed by atoms with Crippen molar-refractivity contribution in [1.29, 1.82) is 5.26 Å². The normalized spacial score (nSPS) is 17.6. The van der Waals surface area contributed by atoms with Gasteiger partial charge in [-0.25, -0.2) is 12.8 Å². The molecule has 0 spiro atoms. The molecule has 2 aromatic carbocycles. The zero-order valence-electron chi connectivity index (χ0n) is 19.1. The third kappa shape index (κ3) is 6.80. The first-order valence-electron chi connectivity index (χ1n) is 10.8. The molecule has 0 bridgehead atoms. The number of carbonyl (C=O) groups excluding carboxylic acids is 1. The van der Waals surface area contributed by atoms with Gasteiger partial charge in [0.2, 0.25) is 5.91 Å². The molecule has 1 fully saturated rings. The monoisotopic (exact) mass is 511 g/mol. The van der Waals surface area contributed by atoms with Crippen molar-refractivity contribution < 1.29 is 30.8 Å². The quantitative estimate of drug-likeness (QED) is 0.491. The minimum atomic E-state index is -4.79. The zero-order chi connectivity index (χ0) is 26.0. The third-order valence-corrected chi connectivity index (χ3v) is 6.89. The zero-order valence-corrected chi connectivity index (χ0v) is 19.9. The fourth-order valence-electron chi connectivity index (χ4n) is 3.63. The SMILES string of the molecule is CC(F)CC(NC(c1ccc(-c2ccc(S(C)(=O)=O)cc2)cc1)C(F)(F)F)C(=O)NC1(C#N)CC1. The molecule has 6 nitrogen and oxygen atoms in total. The van der Waals surface area contributed by atoms with Crippen LogP contribution >= 0.6 is 0 Å². The van der Waals surface area contributed by atoms with Gasteiger partial charge in [-0.15, -0.1) is 0 Å². The van der Waals surface area contributed by atoms with Crippen molar-refractivity contribution in [2.75, 3.05) is 6.26 Å². The highest BCUT2D eigenvalue weighted by Gasteiger charge is 2.47. The highest BCUT2D eigenvalue weighted by atomic mass is 32.2. The highest BCUT2D eigenvalue weighted by Crippen LogP contribution is 2.36. The average molecular weight is 512 g/mol. The summed E-state index contributed by atoms with van der Waals surface area (Å²) in [5.41, 5.74) is -0.112. The van der Waals surface area contributed by atoms with E-state index in [1.54, 1.807) is 12.1 Å². The lowest BCUT2D eigenvalue weighted by Crippen LogP contribution is -2.52. The molecular formula is C24H25F4N3O3S. The molecule has 2 N–H and O–H groups in total. The second-order valence-electron chi connectivity index (χ2n) is 8.81. The van der Waals surface area contributed by atoms with Crippen LogP contribution in [-0.4, -0.2) is 44.5 Å². The molecule has 0 heterocycles. The van der Waals surface area contributed by atoms with Gasteiger partial charge in [0, 0.05) is 12.7 Å². The Hall–Kier alpha value is -2.97. The molecule has 1 aliphatic rings. The van der Waals surface area contributed by atoms with Gasteiger partial charge in [0.05, 0.1) is 23.2 Å². The molecule has 2 aromatic rings. The van der Waals surface area contributed by atoms with E-state index in [-0.39, 0.29) is 10.5 Å². The number of benzene rings is 2. The maximum absolute atomic E-state index is 14.0. The molecule has 3 atom stereocenters. The van der Waals surface area contributed by atoms with Gasteiger partial charge >= 0.3 is 6.18 Å². The van der Waals surface area contributed by atoms with Gasteiger partial charge in [0.25, 0.3) is 0 Å². The molecule has 0 aromatic heterocycles. The molecule has 0 radical (unpaired) electrons. The summed E-state index contributed by atoms with van der Waals surface area (Å²) in [5, 5.41) is 13.8. The average Bonchev–Trinajstić information content (AvgIpc) is 3.55. The van der Waals surface area contributed by atoms with Crippen LogP contribution in [0.1, 0.15) is 37.8 Å². The van der Waals surface area contributed by atoms with Crippen LogP contribution in [0.15, 0.2) is 53.4 Å².